The number of ether oxygens (including phenoxy) is 2. The van der Waals surface area contributed by atoms with E-state index in [1.165, 1.54) is 19.3 Å². The van der Waals surface area contributed by atoms with Crippen LogP contribution in [0.3, 0.4) is 0 Å². The van der Waals surface area contributed by atoms with Gasteiger partial charge in [-0.15, -0.1) is 0 Å². The molecule has 0 saturated carbocycles. The van der Waals surface area contributed by atoms with Crippen LogP contribution in [0.15, 0.2) is 18.2 Å². The molecule has 0 bridgehead atoms. The molecule has 0 aromatic heterocycles. The SMILES string of the molecule is COc1ccc(CN2CCNC(=O)CC2)cc1OC[C@@H](O)CN1CCCCC1. The lowest BCUT2D eigenvalue weighted by Gasteiger charge is -2.28. The fourth-order valence-electron chi connectivity index (χ4n) is 3.84. The van der Waals surface area contributed by atoms with Crippen molar-refractivity contribution in [1.29, 1.82) is 0 Å². The van der Waals surface area contributed by atoms with Gasteiger partial charge in [0.25, 0.3) is 0 Å². The summed E-state index contributed by atoms with van der Waals surface area (Å²) < 4.78 is 11.3. The molecule has 0 unspecified atom stereocenters. The molecule has 1 aromatic carbocycles. The van der Waals surface area contributed by atoms with Crippen molar-refractivity contribution in [1.82, 2.24) is 15.1 Å². The lowest BCUT2D eigenvalue weighted by Crippen LogP contribution is -2.38. The summed E-state index contributed by atoms with van der Waals surface area (Å²) in [5, 5.41) is 13.3. The van der Waals surface area contributed by atoms with E-state index in [1.54, 1.807) is 7.11 Å². The first-order valence-corrected chi connectivity index (χ1v) is 10.3. The Labute approximate surface area is 167 Å². The van der Waals surface area contributed by atoms with E-state index in [-0.39, 0.29) is 12.5 Å². The molecule has 7 heteroatoms. The number of hydrogen-bond donors (Lipinski definition) is 2. The Morgan fingerprint density at radius 2 is 1.93 bits per heavy atom. The molecule has 1 atom stereocenters. The van der Waals surface area contributed by atoms with Crippen molar-refractivity contribution >= 4 is 5.91 Å². The topological polar surface area (TPSA) is 74.3 Å². The molecule has 0 spiro atoms. The highest BCUT2D eigenvalue weighted by Crippen LogP contribution is 2.29. The van der Waals surface area contributed by atoms with Crippen LogP contribution in [0.25, 0.3) is 0 Å². The molecule has 0 aliphatic carbocycles. The van der Waals surface area contributed by atoms with Gasteiger partial charge in [-0.2, -0.15) is 0 Å². The first kappa shape index (κ1) is 20.9. The predicted molar refractivity (Wildman–Crippen MR) is 108 cm³/mol. The first-order valence-electron chi connectivity index (χ1n) is 10.3. The largest absolute Gasteiger partial charge is 0.493 e. The second-order valence-corrected chi connectivity index (χ2v) is 7.69. The number of methoxy groups -OCH3 is 1. The Balaban J connectivity index is 1.55. The maximum Gasteiger partial charge on any atom is 0.221 e. The predicted octanol–water partition coefficient (Wildman–Crippen LogP) is 1.24. The van der Waals surface area contributed by atoms with Gasteiger partial charge in [-0.05, 0) is 43.6 Å². The number of aliphatic hydroxyl groups excluding tert-OH is 1. The minimum atomic E-state index is -0.519. The van der Waals surface area contributed by atoms with Crippen LogP contribution in [0, 0.1) is 0 Å². The van der Waals surface area contributed by atoms with Crippen LogP contribution < -0.4 is 14.8 Å². The van der Waals surface area contributed by atoms with E-state index in [4.69, 9.17) is 9.47 Å². The van der Waals surface area contributed by atoms with Gasteiger partial charge in [-0.25, -0.2) is 0 Å². The average Bonchev–Trinajstić information content (AvgIpc) is 2.91. The number of β-amino-alcohol motifs (C(OH)–C–C–N with tert-alkyl or cyclic N) is 1. The molecule has 0 radical (unpaired) electrons. The third-order valence-electron chi connectivity index (χ3n) is 5.39. The van der Waals surface area contributed by atoms with Gasteiger partial charge in [-0.1, -0.05) is 12.5 Å². The Kier molecular flexibility index (Phi) is 7.94. The highest BCUT2D eigenvalue weighted by atomic mass is 16.5. The zero-order valence-electron chi connectivity index (χ0n) is 16.9. The quantitative estimate of drug-likeness (QED) is 0.695. The summed E-state index contributed by atoms with van der Waals surface area (Å²) in [5.74, 6) is 1.44. The minimum absolute atomic E-state index is 0.115. The van der Waals surface area contributed by atoms with Gasteiger partial charge in [-0.3, -0.25) is 9.69 Å². The van der Waals surface area contributed by atoms with Crippen molar-refractivity contribution in [3.8, 4) is 11.5 Å². The summed E-state index contributed by atoms with van der Waals surface area (Å²) >= 11 is 0. The van der Waals surface area contributed by atoms with Crippen molar-refractivity contribution < 1.29 is 19.4 Å². The highest BCUT2D eigenvalue weighted by molar-refractivity contribution is 5.76. The van der Waals surface area contributed by atoms with Crippen molar-refractivity contribution in [3.05, 3.63) is 23.8 Å². The molecule has 2 N–H and O–H groups in total. The summed E-state index contributed by atoms with van der Waals surface area (Å²) in [6.45, 7) is 6.04. The lowest BCUT2D eigenvalue weighted by atomic mass is 10.1. The zero-order valence-corrected chi connectivity index (χ0v) is 16.9. The van der Waals surface area contributed by atoms with Crippen LogP contribution in [0.2, 0.25) is 0 Å². The molecule has 156 valence electrons. The number of amides is 1. The van der Waals surface area contributed by atoms with E-state index < -0.39 is 6.10 Å². The van der Waals surface area contributed by atoms with Crippen molar-refractivity contribution in [3.63, 3.8) is 0 Å². The van der Waals surface area contributed by atoms with E-state index in [0.29, 0.717) is 31.0 Å². The minimum Gasteiger partial charge on any atom is -0.493 e. The zero-order chi connectivity index (χ0) is 19.8. The monoisotopic (exact) mass is 391 g/mol. The molecule has 2 aliphatic heterocycles. The van der Waals surface area contributed by atoms with Gasteiger partial charge in [0.15, 0.2) is 11.5 Å². The molecular formula is C21H33N3O4. The Hall–Kier alpha value is -1.83. The summed E-state index contributed by atoms with van der Waals surface area (Å²) in [6.07, 6.45) is 3.72. The Morgan fingerprint density at radius 3 is 2.71 bits per heavy atom. The van der Waals surface area contributed by atoms with E-state index in [0.717, 1.165) is 38.3 Å². The average molecular weight is 392 g/mol. The number of rotatable bonds is 8. The molecule has 2 fully saturated rings. The number of nitrogens with one attached hydrogen (secondary N) is 1. The smallest absolute Gasteiger partial charge is 0.221 e. The number of piperidine rings is 1. The molecule has 2 aliphatic rings. The van der Waals surface area contributed by atoms with E-state index in [1.807, 2.05) is 18.2 Å². The molecular weight excluding hydrogens is 358 g/mol. The number of likely N-dealkylation sites (tertiary alicyclic amines) is 1. The molecule has 28 heavy (non-hydrogen) atoms. The fourth-order valence-corrected chi connectivity index (χ4v) is 3.84. The highest BCUT2D eigenvalue weighted by Gasteiger charge is 2.17. The number of benzene rings is 1. The normalized spacial score (nSPS) is 20.3. The number of carbonyl (C=O) groups excluding carboxylic acids is 1. The number of hydrogen-bond acceptors (Lipinski definition) is 6. The molecule has 1 amide bonds. The molecule has 3 rings (SSSR count). The van der Waals surface area contributed by atoms with Gasteiger partial charge in [0.05, 0.1) is 7.11 Å². The van der Waals surface area contributed by atoms with Crippen LogP contribution >= 0.6 is 0 Å². The molecule has 7 nitrogen and oxygen atoms in total. The van der Waals surface area contributed by atoms with Crippen molar-refractivity contribution in [2.75, 3.05) is 53.0 Å². The Bertz CT molecular complexity index is 634. The van der Waals surface area contributed by atoms with Crippen LogP contribution in [0.4, 0.5) is 0 Å². The first-order chi connectivity index (χ1) is 13.6. The van der Waals surface area contributed by atoms with Crippen LogP contribution in [0.5, 0.6) is 11.5 Å². The number of carbonyl (C=O) groups is 1. The van der Waals surface area contributed by atoms with E-state index in [2.05, 4.69) is 15.1 Å². The van der Waals surface area contributed by atoms with E-state index >= 15 is 0 Å². The molecule has 2 heterocycles. The molecule has 1 aromatic rings. The summed E-state index contributed by atoms with van der Waals surface area (Å²) in [7, 11) is 1.62. The third-order valence-corrected chi connectivity index (χ3v) is 5.39. The van der Waals surface area contributed by atoms with Gasteiger partial charge < -0.3 is 24.8 Å². The van der Waals surface area contributed by atoms with Gasteiger partial charge in [0.2, 0.25) is 5.91 Å². The Morgan fingerprint density at radius 1 is 1.11 bits per heavy atom. The van der Waals surface area contributed by atoms with Crippen LogP contribution in [-0.2, 0) is 11.3 Å². The fraction of sp³-hybridized carbons (Fsp3) is 0.667. The maximum atomic E-state index is 11.5. The molecule has 2 saturated heterocycles. The van der Waals surface area contributed by atoms with Crippen LogP contribution in [-0.4, -0.2) is 79.9 Å². The number of nitrogens with zero attached hydrogens (tertiary/aromatic N) is 2. The van der Waals surface area contributed by atoms with Crippen LogP contribution in [0.1, 0.15) is 31.2 Å². The van der Waals surface area contributed by atoms with Gasteiger partial charge >= 0.3 is 0 Å². The third kappa shape index (κ3) is 6.36. The maximum absolute atomic E-state index is 11.5. The lowest BCUT2D eigenvalue weighted by molar-refractivity contribution is -0.120. The summed E-state index contributed by atoms with van der Waals surface area (Å²) in [4.78, 5) is 16.1. The van der Waals surface area contributed by atoms with Crippen molar-refractivity contribution in [2.24, 2.45) is 0 Å². The van der Waals surface area contributed by atoms with Gasteiger partial charge in [0.1, 0.15) is 12.7 Å². The second kappa shape index (κ2) is 10.6. The number of aliphatic hydroxyl groups is 1. The van der Waals surface area contributed by atoms with Crippen molar-refractivity contribution in [2.45, 2.75) is 38.3 Å². The van der Waals surface area contributed by atoms with Gasteiger partial charge in [0, 0.05) is 39.1 Å². The summed E-state index contributed by atoms with van der Waals surface area (Å²) in [6, 6.07) is 5.91. The standard InChI is InChI=1S/C21H33N3O4/c1-27-19-6-5-17(14-24-11-7-21(26)22-8-12-24)13-20(19)28-16-18(25)15-23-9-3-2-4-10-23/h5-6,13,18,25H,2-4,7-12,14-16H2,1H3,(H,22,26)/t18-/m0/s1. The second-order valence-electron chi connectivity index (χ2n) is 7.69. The summed E-state index contributed by atoms with van der Waals surface area (Å²) in [5.41, 5.74) is 1.11. The van der Waals surface area contributed by atoms with E-state index in [9.17, 15) is 9.90 Å².